The molecule has 0 saturated heterocycles. The summed E-state index contributed by atoms with van der Waals surface area (Å²) in [7, 11) is 0. The van der Waals surface area contributed by atoms with Gasteiger partial charge in [0.1, 0.15) is 5.78 Å². The number of carbonyl (C=O) groups is 1. The van der Waals surface area contributed by atoms with Crippen LogP contribution in [-0.2, 0) is 17.6 Å². The molecule has 2 atom stereocenters. The molecule has 1 aromatic carbocycles. The van der Waals surface area contributed by atoms with E-state index in [1.807, 2.05) is 33.9 Å². The smallest absolute Gasteiger partial charge is 0.141 e. The van der Waals surface area contributed by atoms with E-state index < -0.39 is 0 Å². The number of carbonyl (C=O) groups excluding carboxylic acids is 1. The van der Waals surface area contributed by atoms with Gasteiger partial charge in [0.05, 0.1) is 12.6 Å². The number of hydrogen-bond acceptors (Lipinski definition) is 3. The Morgan fingerprint density at radius 2 is 1.74 bits per heavy atom. The Labute approximate surface area is 285 Å². The van der Waals surface area contributed by atoms with Gasteiger partial charge in [0.25, 0.3) is 0 Å². The number of rotatable bonds is 10. The molecule has 2 unspecified atom stereocenters. The predicted molar refractivity (Wildman–Crippen MR) is 208 cm³/mol. The van der Waals surface area contributed by atoms with Crippen LogP contribution in [0.2, 0.25) is 0 Å². The Balaban J connectivity index is 0.00000355. The summed E-state index contributed by atoms with van der Waals surface area (Å²) in [6.07, 6.45) is 25.0. The lowest BCUT2D eigenvalue weighted by atomic mass is 9.84. The van der Waals surface area contributed by atoms with E-state index in [0.717, 1.165) is 43.5 Å². The molecule has 1 aromatic rings. The largest absolute Gasteiger partial charge is 0.299 e. The van der Waals surface area contributed by atoms with Crippen molar-refractivity contribution in [2.24, 2.45) is 21.3 Å². The van der Waals surface area contributed by atoms with E-state index in [4.69, 9.17) is 4.99 Å². The van der Waals surface area contributed by atoms with Crippen LogP contribution in [0.25, 0.3) is 0 Å². The second-order valence-electron chi connectivity index (χ2n) is 13.3. The summed E-state index contributed by atoms with van der Waals surface area (Å²) >= 11 is 0. The molecule has 0 amide bonds. The monoisotopic (exact) mass is 627 g/mol. The fourth-order valence-corrected chi connectivity index (χ4v) is 5.90. The molecule has 0 bridgehead atoms. The first-order valence-electron chi connectivity index (χ1n) is 17.9. The fraction of sp³-hybridized carbons (Fsp3) is 0.512. The molecule has 0 aromatic heterocycles. The van der Waals surface area contributed by atoms with Crippen molar-refractivity contribution in [3.63, 3.8) is 0 Å². The molecule has 46 heavy (non-hydrogen) atoms. The molecule has 1 aliphatic carbocycles. The summed E-state index contributed by atoms with van der Waals surface area (Å²) in [6, 6.07) is 8.64. The standard InChI is InChI=1S/C39H50N2O.2C2H6.2H2/c1-7-8-12-33-20-22-40-21-19-30(16-15-29(33)3)23-31-10-9-11-32(24-31)25-36(42)26-35-27-37(39(4,5)6)41-38(35)34-17-13-28(2)14-18-34;2*1-2;;/h9-11,13-15,17,19-21,24,27,34,38H,7-8,12,16,18,22-23,25-26H2,1-6H3;2*1-2H3;2*1H/b29-15-,30-19+,33-20-,40-21?;;;;. The van der Waals surface area contributed by atoms with Crippen molar-refractivity contribution in [3.05, 3.63) is 106 Å². The van der Waals surface area contributed by atoms with Crippen molar-refractivity contribution >= 4 is 17.7 Å². The van der Waals surface area contributed by atoms with Crippen LogP contribution in [0, 0.1) is 11.3 Å². The van der Waals surface area contributed by atoms with Crippen molar-refractivity contribution in [2.45, 2.75) is 127 Å². The molecule has 0 spiro atoms. The normalized spacial score (nSPS) is 23.0. The van der Waals surface area contributed by atoms with Crippen LogP contribution in [0.15, 0.2) is 105 Å². The Bertz CT molecular complexity index is 1400. The van der Waals surface area contributed by atoms with Crippen LogP contribution >= 0.6 is 0 Å². The van der Waals surface area contributed by atoms with Gasteiger partial charge in [-0.2, -0.15) is 0 Å². The maximum absolute atomic E-state index is 13.4. The van der Waals surface area contributed by atoms with Gasteiger partial charge < -0.3 is 0 Å². The SMILES string of the molecule is CC.CC.CCCCC1=C/CN=C/C=C(/Cc2cccc(CC(=O)CC3=CC(C(C)(C)C)=NC3C3C=CC(C)=CC3)c2)C/C=C\1C.[HH].[HH]. The molecule has 0 N–H and O–H groups in total. The molecule has 0 fully saturated rings. The van der Waals surface area contributed by atoms with Crippen molar-refractivity contribution in [1.29, 1.82) is 0 Å². The summed E-state index contributed by atoms with van der Waals surface area (Å²) in [5.74, 6) is 0.580. The molecule has 254 valence electrons. The first kappa shape index (κ1) is 38.9. The Morgan fingerprint density at radius 3 is 2.41 bits per heavy atom. The van der Waals surface area contributed by atoms with Crippen LogP contribution in [0.4, 0.5) is 0 Å². The van der Waals surface area contributed by atoms with Crippen LogP contribution in [-0.4, -0.2) is 30.3 Å². The van der Waals surface area contributed by atoms with E-state index in [1.54, 1.807) is 0 Å². The molecule has 2 aliphatic heterocycles. The van der Waals surface area contributed by atoms with Crippen LogP contribution in [0.5, 0.6) is 0 Å². The highest BCUT2D eigenvalue weighted by molar-refractivity contribution is 6.02. The minimum atomic E-state index is -0.0306. The van der Waals surface area contributed by atoms with Crippen molar-refractivity contribution in [1.82, 2.24) is 0 Å². The number of Topliss-reactive ketones (excluding diaryl/α,β-unsaturated/α-hetero) is 1. The van der Waals surface area contributed by atoms with Crippen LogP contribution < -0.4 is 0 Å². The molecule has 3 nitrogen and oxygen atoms in total. The van der Waals surface area contributed by atoms with E-state index in [2.05, 4.69) is 113 Å². The lowest BCUT2D eigenvalue weighted by molar-refractivity contribution is -0.117. The van der Waals surface area contributed by atoms with Gasteiger partial charge in [-0.1, -0.05) is 133 Å². The van der Waals surface area contributed by atoms with E-state index in [-0.39, 0.29) is 20.1 Å². The van der Waals surface area contributed by atoms with Crippen molar-refractivity contribution < 1.29 is 7.65 Å². The molecule has 0 saturated carbocycles. The zero-order valence-corrected chi connectivity index (χ0v) is 30.7. The van der Waals surface area contributed by atoms with Crippen molar-refractivity contribution in [3.8, 4) is 0 Å². The summed E-state index contributed by atoms with van der Waals surface area (Å²) < 4.78 is 0. The minimum Gasteiger partial charge on any atom is -0.299 e. The predicted octanol–water partition coefficient (Wildman–Crippen LogP) is 12.1. The molecule has 3 heteroatoms. The Kier molecular flexibility index (Phi) is 16.9. The molecule has 2 heterocycles. The highest BCUT2D eigenvalue weighted by Gasteiger charge is 2.32. The van der Waals surface area contributed by atoms with E-state index >= 15 is 0 Å². The number of nitrogens with zero attached hydrogens (tertiary/aromatic N) is 2. The molecule has 3 aliphatic rings. The van der Waals surface area contributed by atoms with Crippen LogP contribution in [0.3, 0.4) is 0 Å². The van der Waals surface area contributed by atoms with Crippen LogP contribution in [0.1, 0.15) is 122 Å². The maximum Gasteiger partial charge on any atom is 0.141 e. The highest BCUT2D eigenvalue weighted by atomic mass is 16.1. The second kappa shape index (κ2) is 20.0. The zero-order valence-electron chi connectivity index (χ0n) is 30.7. The Hall–Kier alpha value is -3.33. The third kappa shape index (κ3) is 12.5. The summed E-state index contributed by atoms with van der Waals surface area (Å²) in [5.41, 5.74) is 10.0. The highest BCUT2D eigenvalue weighted by Crippen LogP contribution is 2.35. The lowest BCUT2D eigenvalue weighted by Crippen LogP contribution is -2.21. The summed E-state index contributed by atoms with van der Waals surface area (Å²) in [5, 5.41) is 0. The van der Waals surface area contributed by atoms with Crippen molar-refractivity contribution in [2.75, 3.05) is 6.54 Å². The number of benzene rings is 1. The van der Waals surface area contributed by atoms with Gasteiger partial charge in [0.15, 0.2) is 0 Å². The first-order valence-corrected chi connectivity index (χ1v) is 17.9. The van der Waals surface area contributed by atoms with E-state index in [0.29, 0.717) is 18.8 Å². The molecule has 4 rings (SSSR count). The van der Waals surface area contributed by atoms with Gasteiger partial charge in [0.2, 0.25) is 0 Å². The third-order valence-electron chi connectivity index (χ3n) is 8.53. The fourth-order valence-electron chi connectivity index (χ4n) is 5.90. The average molecular weight is 627 g/mol. The molecule has 0 radical (unpaired) electrons. The molecular formula is C43H66N2O. The van der Waals surface area contributed by atoms with Gasteiger partial charge >= 0.3 is 0 Å². The number of aliphatic imine (C=N–C) groups is 2. The maximum atomic E-state index is 13.4. The minimum absolute atomic E-state index is 0. The Morgan fingerprint density at radius 1 is 1.00 bits per heavy atom. The summed E-state index contributed by atoms with van der Waals surface area (Å²) in [4.78, 5) is 23.2. The zero-order chi connectivity index (χ0) is 34.1. The van der Waals surface area contributed by atoms with Gasteiger partial charge in [0, 0.05) is 39.0 Å². The topological polar surface area (TPSA) is 41.8 Å². The van der Waals surface area contributed by atoms with Gasteiger partial charge in [-0.15, -0.1) is 0 Å². The number of hydrogen-bond donors (Lipinski definition) is 0. The number of ketones is 1. The lowest BCUT2D eigenvalue weighted by Gasteiger charge is -2.23. The summed E-state index contributed by atoms with van der Waals surface area (Å²) in [6.45, 7) is 22.0. The van der Waals surface area contributed by atoms with E-state index in [9.17, 15) is 4.79 Å². The molecular weight excluding hydrogens is 560 g/mol. The number of unbranched alkanes of at least 4 members (excludes halogenated alkanes) is 1. The third-order valence-corrected chi connectivity index (χ3v) is 8.53. The van der Waals surface area contributed by atoms with Gasteiger partial charge in [-0.05, 0) is 80.4 Å². The number of allylic oxidation sites excluding steroid dienone is 9. The second-order valence-corrected chi connectivity index (χ2v) is 13.3. The van der Waals surface area contributed by atoms with E-state index in [1.165, 1.54) is 46.3 Å². The van der Waals surface area contributed by atoms with Gasteiger partial charge in [-0.25, -0.2) is 0 Å². The first-order chi connectivity index (χ1) is 22.1. The average Bonchev–Trinajstić information content (AvgIpc) is 3.47. The quantitative estimate of drug-likeness (QED) is 0.255. The van der Waals surface area contributed by atoms with Gasteiger partial charge in [-0.3, -0.25) is 14.8 Å².